The Bertz CT molecular complexity index is 855. The van der Waals surface area contributed by atoms with Crippen LogP contribution in [0.2, 0.25) is 0 Å². The van der Waals surface area contributed by atoms with E-state index in [-0.39, 0.29) is 17.5 Å². The van der Waals surface area contributed by atoms with E-state index in [9.17, 15) is 9.18 Å². The average molecular weight is 350 g/mol. The third-order valence-corrected chi connectivity index (χ3v) is 3.82. The van der Waals surface area contributed by atoms with E-state index in [0.29, 0.717) is 15.6 Å². The minimum absolute atomic E-state index is 0.193. The highest BCUT2D eigenvalue weighted by atomic mass is 79.9. The lowest BCUT2D eigenvalue weighted by Gasteiger charge is -2.16. The molecule has 0 amide bonds. The minimum Gasteiger partial charge on any atom is -0.378 e. The van der Waals surface area contributed by atoms with Crippen LogP contribution < -0.4 is 11.0 Å². The standard InChI is InChI=1S/C15H13BrFN3O/c1-8(11-4-2-9(16)6-12(11)17)18-10-3-5-13-14(7-10)20-15(21)19-13/h2-8,18H,1H3,(H2,19,20,21). The van der Waals surface area contributed by atoms with E-state index in [2.05, 4.69) is 31.2 Å². The van der Waals surface area contributed by atoms with Gasteiger partial charge in [0.25, 0.3) is 0 Å². The van der Waals surface area contributed by atoms with E-state index in [1.807, 2.05) is 25.1 Å². The van der Waals surface area contributed by atoms with Crippen molar-refractivity contribution in [2.24, 2.45) is 0 Å². The Hall–Kier alpha value is -2.08. The summed E-state index contributed by atoms with van der Waals surface area (Å²) in [5.41, 5.74) is 2.61. The van der Waals surface area contributed by atoms with Gasteiger partial charge in [-0.05, 0) is 37.3 Å². The molecule has 0 bridgehead atoms. The van der Waals surface area contributed by atoms with Gasteiger partial charge in [0.05, 0.1) is 17.1 Å². The zero-order valence-corrected chi connectivity index (χ0v) is 12.8. The summed E-state index contributed by atoms with van der Waals surface area (Å²) in [6, 6.07) is 10.3. The highest BCUT2D eigenvalue weighted by Crippen LogP contribution is 2.25. The van der Waals surface area contributed by atoms with Gasteiger partial charge in [0.15, 0.2) is 0 Å². The molecule has 3 N–H and O–H groups in total. The molecule has 1 aromatic heterocycles. The third-order valence-electron chi connectivity index (χ3n) is 3.33. The first-order valence-electron chi connectivity index (χ1n) is 6.46. The smallest absolute Gasteiger partial charge is 0.323 e. The van der Waals surface area contributed by atoms with Gasteiger partial charge >= 0.3 is 5.69 Å². The lowest BCUT2D eigenvalue weighted by atomic mass is 10.1. The van der Waals surface area contributed by atoms with Crippen molar-refractivity contribution >= 4 is 32.7 Å². The quantitative estimate of drug-likeness (QED) is 0.670. The summed E-state index contributed by atoms with van der Waals surface area (Å²) in [5.74, 6) is -0.263. The second kappa shape index (κ2) is 5.37. The summed E-state index contributed by atoms with van der Waals surface area (Å²) in [4.78, 5) is 16.6. The molecule has 108 valence electrons. The molecule has 0 radical (unpaired) electrons. The van der Waals surface area contributed by atoms with Crippen LogP contribution in [0.25, 0.3) is 11.0 Å². The Morgan fingerprint density at radius 1 is 1.14 bits per heavy atom. The first-order chi connectivity index (χ1) is 10.0. The summed E-state index contributed by atoms with van der Waals surface area (Å²) < 4.78 is 14.6. The Kier molecular flexibility index (Phi) is 3.55. The molecular weight excluding hydrogens is 337 g/mol. The van der Waals surface area contributed by atoms with Crippen molar-refractivity contribution in [2.75, 3.05) is 5.32 Å². The van der Waals surface area contributed by atoms with Crippen LogP contribution in [0.15, 0.2) is 45.7 Å². The van der Waals surface area contributed by atoms with Crippen molar-refractivity contribution in [1.29, 1.82) is 0 Å². The van der Waals surface area contributed by atoms with Crippen LogP contribution in [-0.4, -0.2) is 9.97 Å². The number of H-pyrrole nitrogens is 2. The van der Waals surface area contributed by atoms with Crippen LogP contribution in [0.3, 0.4) is 0 Å². The molecule has 21 heavy (non-hydrogen) atoms. The fourth-order valence-electron chi connectivity index (χ4n) is 2.30. The molecule has 0 aliphatic heterocycles. The van der Waals surface area contributed by atoms with Gasteiger partial charge in [-0.3, -0.25) is 0 Å². The SMILES string of the molecule is CC(Nc1ccc2[nH]c(=O)[nH]c2c1)c1ccc(Br)cc1F. The Balaban J connectivity index is 1.88. The predicted octanol–water partition coefficient (Wildman–Crippen LogP) is 3.93. The number of benzene rings is 2. The molecule has 0 saturated heterocycles. The van der Waals surface area contributed by atoms with Gasteiger partial charge in [-0.1, -0.05) is 22.0 Å². The van der Waals surface area contributed by atoms with Crippen molar-refractivity contribution in [3.8, 4) is 0 Å². The second-order valence-electron chi connectivity index (χ2n) is 4.87. The molecule has 4 nitrogen and oxygen atoms in total. The number of imidazole rings is 1. The number of hydrogen-bond acceptors (Lipinski definition) is 2. The maximum Gasteiger partial charge on any atom is 0.323 e. The fraction of sp³-hybridized carbons (Fsp3) is 0.133. The van der Waals surface area contributed by atoms with Crippen molar-refractivity contribution in [3.63, 3.8) is 0 Å². The van der Waals surface area contributed by atoms with E-state index in [0.717, 1.165) is 11.2 Å². The number of nitrogens with one attached hydrogen (secondary N) is 3. The number of rotatable bonds is 3. The highest BCUT2D eigenvalue weighted by Gasteiger charge is 2.11. The number of aromatic nitrogens is 2. The molecule has 0 saturated carbocycles. The van der Waals surface area contributed by atoms with E-state index in [4.69, 9.17) is 0 Å². The number of aromatic amines is 2. The van der Waals surface area contributed by atoms with Crippen LogP contribution in [-0.2, 0) is 0 Å². The van der Waals surface area contributed by atoms with Crippen LogP contribution in [0.5, 0.6) is 0 Å². The van der Waals surface area contributed by atoms with Crippen LogP contribution in [0.4, 0.5) is 10.1 Å². The van der Waals surface area contributed by atoms with Crippen molar-refractivity contribution < 1.29 is 4.39 Å². The van der Waals surface area contributed by atoms with Gasteiger partial charge in [0, 0.05) is 15.7 Å². The van der Waals surface area contributed by atoms with E-state index in [1.54, 1.807) is 12.1 Å². The lowest BCUT2D eigenvalue weighted by Crippen LogP contribution is -2.08. The zero-order valence-electron chi connectivity index (χ0n) is 11.2. The molecule has 3 rings (SSSR count). The third kappa shape index (κ3) is 2.85. The van der Waals surface area contributed by atoms with Gasteiger partial charge < -0.3 is 15.3 Å². The molecular formula is C15H13BrFN3O. The second-order valence-corrected chi connectivity index (χ2v) is 5.79. The largest absolute Gasteiger partial charge is 0.378 e. The first-order valence-corrected chi connectivity index (χ1v) is 7.26. The summed E-state index contributed by atoms with van der Waals surface area (Å²) >= 11 is 3.24. The first kappa shape index (κ1) is 13.9. The van der Waals surface area contributed by atoms with Crippen LogP contribution in [0, 0.1) is 5.82 Å². The summed E-state index contributed by atoms with van der Waals surface area (Å²) in [6.07, 6.45) is 0. The summed E-state index contributed by atoms with van der Waals surface area (Å²) in [7, 11) is 0. The van der Waals surface area contributed by atoms with Gasteiger partial charge in [-0.2, -0.15) is 0 Å². The van der Waals surface area contributed by atoms with Crippen molar-refractivity contribution in [3.05, 3.63) is 62.7 Å². The minimum atomic E-state index is -0.263. The van der Waals surface area contributed by atoms with Crippen LogP contribution in [0.1, 0.15) is 18.5 Å². The molecule has 0 fully saturated rings. The van der Waals surface area contributed by atoms with Gasteiger partial charge in [-0.25, -0.2) is 9.18 Å². The van der Waals surface area contributed by atoms with Crippen molar-refractivity contribution in [2.45, 2.75) is 13.0 Å². The molecule has 6 heteroatoms. The predicted molar refractivity (Wildman–Crippen MR) is 85.1 cm³/mol. The molecule has 2 aromatic carbocycles. The fourth-order valence-corrected chi connectivity index (χ4v) is 2.64. The molecule has 0 aliphatic rings. The monoisotopic (exact) mass is 349 g/mol. The van der Waals surface area contributed by atoms with Crippen LogP contribution >= 0.6 is 15.9 Å². The summed E-state index contributed by atoms with van der Waals surface area (Å²) in [6.45, 7) is 1.89. The Labute approximate surface area is 128 Å². The number of hydrogen-bond donors (Lipinski definition) is 3. The molecule has 3 aromatic rings. The number of anilines is 1. The molecule has 0 aliphatic carbocycles. The van der Waals surface area contributed by atoms with E-state index >= 15 is 0 Å². The topological polar surface area (TPSA) is 60.7 Å². The Morgan fingerprint density at radius 2 is 1.90 bits per heavy atom. The van der Waals surface area contributed by atoms with E-state index in [1.165, 1.54) is 6.07 Å². The van der Waals surface area contributed by atoms with Crippen molar-refractivity contribution in [1.82, 2.24) is 9.97 Å². The number of halogens is 2. The maximum atomic E-state index is 13.9. The molecule has 1 unspecified atom stereocenters. The van der Waals surface area contributed by atoms with E-state index < -0.39 is 0 Å². The zero-order chi connectivity index (χ0) is 15.0. The maximum absolute atomic E-state index is 13.9. The van der Waals surface area contributed by atoms with Gasteiger partial charge in [0.2, 0.25) is 0 Å². The molecule has 0 spiro atoms. The number of fused-ring (bicyclic) bond motifs is 1. The van der Waals surface area contributed by atoms with Gasteiger partial charge in [-0.15, -0.1) is 0 Å². The lowest BCUT2D eigenvalue weighted by molar-refractivity contribution is 0.599. The normalized spacial score (nSPS) is 12.5. The average Bonchev–Trinajstić information content (AvgIpc) is 2.77. The highest BCUT2D eigenvalue weighted by molar-refractivity contribution is 9.10. The molecule has 1 atom stereocenters. The summed E-state index contributed by atoms with van der Waals surface area (Å²) in [5, 5.41) is 3.23. The molecule has 1 heterocycles. The Morgan fingerprint density at radius 3 is 2.67 bits per heavy atom. The van der Waals surface area contributed by atoms with Gasteiger partial charge in [0.1, 0.15) is 5.82 Å².